The van der Waals surface area contributed by atoms with Gasteiger partial charge < -0.3 is 10.2 Å². The van der Waals surface area contributed by atoms with Crippen LogP contribution in [0.4, 0.5) is 0 Å². The van der Waals surface area contributed by atoms with E-state index in [9.17, 15) is 14.4 Å². The molecule has 2 N–H and O–H groups in total. The monoisotopic (exact) mass is 368 g/mol. The summed E-state index contributed by atoms with van der Waals surface area (Å²) in [5, 5.41) is 5.94. The molecule has 3 fully saturated rings. The minimum absolute atomic E-state index is 0.0943. The molecule has 1 aromatic rings. The lowest BCUT2D eigenvalue weighted by Gasteiger charge is -2.49. The lowest BCUT2D eigenvalue weighted by atomic mass is 9.83. The van der Waals surface area contributed by atoms with Gasteiger partial charge >= 0.3 is 0 Å². The highest BCUT2D eigenvalue weighted by atomic mass is 16.2. The topological polar surface area (TPSA) is 81.8 Å². The number of piperidine rings is 1. The fourth-order valence-corrected chi connectivity index (χ4v) is 4.93. The standard InChI is InChI=1S/C20H24N4O3/c25-18-7-6-17(19(26)22-18)24-11-14-12(2-1-3-13(14)20(24)27)10-23-9-8-21-15-4-5-16(15)23/h1-3,15-17,21H,4-11H2,(H,22,25,26)/t15-,16-,17?/m1/s1. The van der Waals surface area contributed by atoms with Gasteiger partial charge in [-0.3, -0.25) is 24.6 Å². The molecule has 2 saturated heterocycles. The third kappa shape index (κ3) is 2.76. The first-order chi connectivity index (χ1) is 13.1. The Morgan fingerprint density at radius 2 is 2.00 bits per heavy atom. The van der Waals surface area contributed by atoms with E-state index in [-0.39, 0.29) is 24.1 Å². The van der Waals surface area contributed by atoms with E-state index in [1.165, 1.54) is 18.4 Å². The van der Waals surface area contributed by atoms with Gasteiger partial charge in [0.2, 0.25) is 11.8 Å². The van der Waals surface area contributed by atoms with E-state index in [1.807, 2.05) is 12.1 Å². The number of nitrogens with one attached hydrogen (secondary N) is 2. The summed E-state index contributed by atoms with van der Waals surface area (Å²) in [7, 11) is 0. The Labute approximate surface area is 158 Å². The third-order valence-corrected chi connectivity index (χ3v) is 6.56. The maximum Gasteiger partial charge on any atom is 0.255 e. The Kier molecular flexibility index (Phi) is 4.02. The van der Waals surface area contributed by atoms with E-state index in [4.69, 9.17) is 0 Å². The molecular formula is C20H24N4O3. The lowest BCUT2D eigenvalue weighted by Crippen LogP contribution is -2.62. The van der Waals surface area contributed by atoms with Crippen LogP contribution in [0.3, 0.4) is 0 Å². The number of rotatable bonds is 3. The molecule has 1 aliphatic carbocycles. The van der Waals surface area contributed by atoms with Crippen LogP contribution in [0.1, 0.15) is 47.2 Å². The van der Waals surface area contributed by atoms with Gasteiger partial charge in [-0.2, -0.15) is 0 Å². The van der Waals surface area contributed by atoms with Gasteiger partial charge in [-0.25, -0.2) is 0 Å². The van der Waals surface area contributed by atoms with Crippen LogP contribution in [0.15, 0.2) is 18.2 Å². The van der Waals surface area contributed by atoms with Crippen LogP contribution in [0.2, 0.25) is 0 Å². The highest BCUT2D eigenvalue weighted by molar-refractivity contribution is 6.05. The number of hydrogen-bond donors (Lipinski definition) is 2. The molecule has 7 heteroatoms. The van der Waals surface area contributed by atoms with Crippen LogP contribution in [-0.4, -0.2) is 58.7 Å². The molecule has 3 amide bonds. The molecule has 0 bridgehead atoms. The molecule has 0 aromatic heterocycles. The first-order valence-corrected chi connectivity index (χ1v) is 9.84. The van der Waals surface area contributed by atoms with Crippen LogP contribution in [0.25, 0.3) is 0 Å². The molecule has 4 aliphatic rings. The van der Waals surface area contributed by atoms with Gasteiger partial charge in [0, 0.05) is 50.2 Å². The Morgan fingerprint density at radius 3 is 2.78 bits per heavy atom. The Morgan fingerprint density at radius 1 is 1.11 bits per heavy atom. The average molecular weight is 368 g/mol. The first kappa shape index (κ1) is 16.9. The van der Waals surface area contributed by atoms with E-state index in [0.717, 1.165) is 25.2 Å². The zero-order chi connectivity index (χ0) is 18.5. The molecule has 1 aromatic carbocycles. The predicted molar refractivity (Wildman–Crippen MR) is 97.7 cm³/mol. The van der Waals surface area contributed by atoms with Crippen molar-refractivity contribution < 1.29 is 14.4 Å². The number of hydrogen-bond acceptors (Lipinski definition) is 5. The van der Waals surface area contributed by atoms with Gasteiger partial charge in [-0.1, -0.05) is 12.1 Å². The number of carbonyl (C=O) groups excluding carboxylic acids is 3. The summed E-state index contributed by atoms with van der Waals surface area (Å²) in [4.78, 5) is 40.8. The molecule has 27 heavy (non-hydrogen) atoms. The van der Waals surface area contributed by atoms with E-state index in [2.05, 4.69) is 21.6 Å². The van der Waals surface area contributed by atoms with Crippen molar-refractivity contribution in [1.82, 2.24) is 20.4 Å². The summed E-state index contributed by atoms with van der Waals surface area (Å²) < 4.78 is 0. The maximum atomic E-state index is 12.9. The quantitative estimate of drug-likeness (QED) is 0.754. The van der Waals surface area contributed by atoms with Crippen LogP contribution in [-0.2, 0) is 22.7 Å². The first-order valence-electron chi connectivity index (χ1n) is 9.84. The fraction of sp³-hybridized carbons (Fsp3) is 0.550. The summed E-state index contributed by atoms with van der Waals surface area (Å²) in [6.45, 7) is 3.34. The van der Waals surface area contributed by atoms with Crippen molar-refractivity contribution in [3.8, 4) is 0 Å². The minimum Gasteiger partial charge on any atom is -0.322 e. The number of amides is 3. The molecule has 5 rings (SSSR count). The molecule has 1 unspecified atom stereocenters. The minimum atomic E-state index is -0.550. The van der Waals surface area contributed by atoms with Crippen molar-refractivity contribution in [3.63, 3.8) is 0 Å². The van der Waals surface area contributed by atoms with Gasteiger partial charge in [0.25, 0.3) is 5.91 Å². The Hall–Kier alpha value is -2.25. The lowest BCUT2D eigenvalue weighted by molar-refractivity contribution is -0.136. The Balaban J connectivity index is 1.37. The maximum absolute atomic E-state index is 12.9. The van der Waals surface area contributed by atoms with Crippen LogP contribution < -0.4 is 10.6 Å². The molecular weight excluding hydrogens is 344 g/mol. The van der Waals surface area contributed by atoms with Gasteiger partial charge in [-0.15, -0.1) is 0 Å². The number of carbonyl (C=O) groups is 3. The van der Waals surface area contributed by atoms with E-state index in [0.29, 0.717) is 30.6 Å². The van der Waals surface area contributed by atoms with Crippen molar-refractivity contribution in [2.45, 2.75) is 56.9 Å². The molecule has 1 saturated carbocycles. The van der Waals surface area contributed by atoms with Crippen molar-refractivity contribution in [2.24, 2.45) is 0 Å². The number of imide groups is 1. The molecule has 3 atom stereocenters. The molecule has 0 spiro atoms. The third-order valence-electron chi connectivity index (χ3n) is 6.56. The van der Waals surface area contributed by atoms with Crippen molar-refractivity contribution >= 4 is 17.7 Å². The van der Waals surface area contributed by atoms with Gasteiger partial charge in [0.05, 0.1) is 0 Å². The van der Waals surface area contributed by atoms with Gasteiger partial charge in [-0.05, 0) is 36.5 Å². The zero-order valence-corrected chi connectivity index (χ0v) is 15.2. The summed E-state index contributed by atoms with van der Waals surface area (Å²) in [5.41, 5.74) is 2.93. The number of benzene rings is 1. The summed E-state index contributed by atoms with van der Waals surface area (Å²) in [6.07, 6.45) is 3.17. The number of piperazine rings is 1. The van der Waals surface area contributed by atoms with E-state index < -0.39 is 6.04 Å². The normalized spacial score (nSPS) is 30.6. The summed E-state index contributed by atoms with van der Waals surface area (Å²) in [5.74, 6) is -0.702. The van der Waals surface area contributed by atoms with Crippen molar-refractivity contribution in [2.75, 3.05) is 13.1 Å². The summed E-state index contributed by atoms with van der Waals surface area (Å²) >= 11 is 0. The van der Waals surface area contributed by atoms with Crippen molar-refractivity contribution in [1.29, 1.82) is 0 Å². The van der Waals surface area contributed by atoms with E-state index >= 15 is 0 Å². The second-order valence-electron chi connectivity index (χ2n) is 8.02. The molecule has 7 nitrogen and oxygen atoms in total. The summed E-state index contributed by atoms with van der Waals surface area (Å²) in [6, 6.07) is 6.56. The van der Waals surface area contributed by atoms with Crippen LogP contribution >= 0.6 is 0 Å². The van der Waals surface area contributed by atoms with E-state index in [1.54, 1.807) is 4.90 Å². The van der Waals surface area contributed by atoms with Crippen LogP contribution in [0.5, 0.6) is 0 Å². The number of fused-ring (bicyclic) bond motifs is 2. The zero-order valence-electron chi connectivity index (χ0n) is 15.2. The second-order valence-corrected chi connectivity index (χ2v) is 8.02. The molecule has 142 valence electrons. The van der Waals surface area contributed by atoms with Gasteiger partial charge in [0.15, 0.2) is 0 Å². The van der Waals surface area contributed by atoms with Gasteiger partial charge in [0.1, 0.15) is 6.04 Å². The highest BCUT2D eigenvalue weighted by Crippen LogP contribution is 2.33. The predicted octanol–water partition coefficient (Wildman–Crippen LogP) is 0.384. The average Bonchev–Trinajstić information content (AvgIpc) is 2.95. The largest absolute Gasteiger partial charge is 0.322 e. The fourth-order valence-electron chi connectivity index (χ4n) is 4.93. The Bertz CT molecular complexity index is 823. The molecule has 0 radical (unpaired) electrons. The number of nitrogens with zero attached hydrogens (tertiary/aromatic N) is 2. The SMILES string of the molecule is O=C1CCC(N2Cc3c(CN4CCN[C@@H]5CC[C@H]54)cccc3C2=O)C(=O)N1. The van der Waals surface area contributed by atoms with Crippen LogP contribution in [0, 0.1) is 0 Å². The van der Waals surface area contributed by atoms with Crippen molar-refractivity contribution in [3.05, 3.63) is 34.9 Å². The molecule has 3 aliphatic heterocycles. The molecule has 3 heterocycles. The smallest absolute Gasteiger partial charge is 0.255 e. The second kappa shape index (κ2) is 6.42. The highest BCUT2D eigenvalue weighted by Gasteiger charge is 2.41.